The number of aryl methyl sites for hydroxylation is 3. The summed E-state index contributed by atoms with van der Waals surface area (Å²) < 4.78 is 41.7. The summed E-state index contributed by atoms with van der Waals surface area (Å²) in [5.74, 6) is -0.636. The zero-order valence-corrected chi connectivity index (χ0v) is 20.9. The van der Waals surface area contributed by atoms with Crippen molar-refractivity contribution in [2.45, 2.75) is 44.6 Å². The lowest BCUT2D eigenvalue weighted by atomic mass is 9.97. The molecule has 6 nitrogen and oxygen atoms in total. The van der Waals surface area contributed by atoms with Gasteiger partial charge in [-0.3, -0.25) is 4.79 Å². The molecular weight excluding hydrogens is 441 g/mol. The van der Waals surface area contributed by atoms with Gasteiger partial charge in [-0.1, -0.05) is 29.8 Å². The molecule has 1 atom stereocenters. The minimum absolute atomic E-state index is 0.0852. The van der Waals surface area contributed by atoms with Crippen LogP contribution in [0.2, 0.25) is 0 Å². The van der Waals surface area contributed by atoms with Crippen LogP contribution in [0.25, 0.3) is 0 Å². The highest BCUT2D eigenvalue weighted by atomic mass is 32.2. The van der Waals surface area contributed by atoms with E-state index in [1.165, 1.54) is 16.4 Å². The first-order valence-corrected chi connectivity index (χ1v) is 12.7. The summed E-state index contributed by atoms with van der Waals surface area (Å²) in [6.45, 7) is 6.59. The van der Waals surface area contributed by atoms with Crippen LogP contribution in [0.5, 0.6) is 0 Å². The molecule has 1 N–H and O–H groups in total. The Morgan fingerprint density at radius 3 is 2.27 bits per heavy atom. The van der Waals surface area contributed by atoms with Crippen LogP contribution in [0.15, 0.2) is 41.3 Å². The molecule has 3 rings (SSSR count). The topological polar surface area (TPSA) is 69.7 Å². The van der Waals surface area contributed by atoms with Gasteiger partial charge in [0, 0.05) is 25.6 Å². The zero-order chi connectivity index (χ0) is 24.3. The molecule has 0 saturated carbocycles. The lowest BCUT2D eigenvalue weighted by Crippen LogP contribution is -2.44. The second-order valence-corrected chi connectivity index (χ2v) is 11.1. The molecular formula is C25H34FN3O3S. The number of hydrogen-bond acceptors (Lipinski definition) is 4. The average Bonchev–Trinajstić information content (AvgIpc) is 2.72. The van der Waals surface area contributed by atoms with E-state index in [1.807, 2.05) is 58.0 Å². The summed E-state index contributed by atoms with van der Waals surface area (Å²) in [5, 5.41) is 2.99. The average molecular weight is 476 g/mol. The normalized spacial score (nSPS) is 16.7. The molecule has 0 aliphatic carbocycles. The highest BCUT2D eigenvalue weighted by Gasteiger charge is 2.34. The first-order valence-electron chi connectivity index (χ1n) is 11.3. The van der Waals surface area contributed by atoms with Crippen molar-refractivity contribution in [3.05, 3.63) is 64.5 Å². The van der Waals surface area contributed by atoms with Gasteiger partial charge >= 0.3 is 0 Å². The highest BCUT2D eigenvalue weighted by molar-refractivity contribution is 7.89. The second kappa shape index (κ2) is 10.3. The van der Waals surface area contributed by atoms with Crippen LogP contribution in [0.4, 0.5) is 4.39 Å². The van der Waals surface area contributed by atoms with E-state index in [4.69, 9.17) is 0 Å². The Hall–Kier alpha value is -2.29. The molecule has 1 amide bonds. The SMILES string of the molecule is Cc1cc(C)c(S(=O)(=O)N2CCC(C(=O)NCC(c3cccc(F)c3)N(C)C)CC2)c(C)c1. The van der Waals surface area contributed by atoms with E-state index in [0.29, 0.717) is 37.4 Å². The molecule has 2 aromatic carbocycles. The molecule has 180 valence electrons. The number of carbonyl (C=O) groups is 1. The van der Waals surface area contributed by atoms with Gasteiger partial charge in [0.05, 0.1) is 10.9 Å². The number of carbonyl (C=O) groups excluding carboxylic acids is 1. The minimum atomic E-state index is -3.61. The first kappa shape index (κ1) is 25.3. The van der Waals surface area contributed by atoms with Gasteiger partial charge in [-0.05, 0) is 76.5 Å². The van der Waals surface area contributed by atoms with Crippen LogP contribution in [0.3, 0.4) is 0 Å². The quantitative estimate of drug-likeness (QED) is 0.665. The molecule has 8 heteroatoms. The van der Waals surface area contributed by atoms with Gasteiger partial charge in [-0.25, -0.2) is 12.8 Å². The van der Waals surface area contributed by atoms with Crippen LogP contribution in [-0.2, 0) is 14.8 Å². The van der Waals surface area contributed by atoms with Crippen molar-refractivity contribution >= 4 is 15.9 Å². The summed E-state index contributed by atoms with van der Waals surface area (Å²) in [6.07, 6.45) is 0.948. The lowest BCUT2D eigenvalue weighted by molar-refractivity contribution is -0.126. The van der Waals surface area contributed by atoms with Crippen molar-refractivity contribution in [2.75, 3.05) is 33.7 Å². The van der Waals surface area contributed by atoms with Gasteiger partial charge in [0.2, 0.25) is 15.9 Å². The molecule has 2 aromatic rings. The number of hydrogen-bond donors (Lipinski definition) is 1. The molecule has 1 unspecified atom stereocenters. The molecule has 0 spiro atoms. The Kier molecular flexibility index (Phi) is 7.92. The fourth-order valence-corrected chi connectivity index (χ4v) is 6.60. The summed E-state index contributed by atoms with van der Waals surface area (Å²) in [4.78, 5) is 15.1. The lowest BCUT2D eigenvalue weighted by Gasteiger charge is -2.32. The van der Waals surface area contributed by atoms with E-state index < -0.39 is 10.0 Å². The molecule has 0 bridgehead atoms. The standard InChI is InChI=1S/C25H34FN3O3S/c1-17-13-18(2)24(19(3)14-17)33(31,32)29-11-9-20(10-12-29)25(30)27-16-23(28(4)5)21-7-6-8-22(26)15-21/h6-8,13-15,20,23H,9-12,16H2,1-5H3,(H,27,30). The number of halogens is 1. The predicted octanol–water partition coefficient (Wildman–Crippen LogP) is 3.57. The Balaban J connectivity index is 1.62. The van der Waals surface area contributed by atoms with E-state index in [9.17, 15) is 17.6 Å². The summed E-state index contributed by atoms with van der Waals surface area (Å²) >= 11 is 0. The zero-order valence-electron chi connectivity index (χ0n) is 20.1. The molecule has 1 fully saturated rings. The van der Waals surface area contributed by atoms with E-state index in [0.717, 1.165) is 22.3 Å². The van der Waals surface area contributed by atoms with Crippen molar-refractivity contribution in [2.24, 2.45) is 5.92 Å². The van der Waals surface area contributed by atoms with Gasteiger partial charge in [-0.15, -0.1) is 0 Å². The number of rotatable bonds is 7. The van der Waals surface area contributed by atoms with Crippen molar-refractivity contribution in [3.8, 4) is 0 Å². The Morgan fingerprint density at radius 2 is 1.73 bits per heavy atom. The van der Waals surface area contributed by atoms with Crippen molar-refractivity contribution < 1.29 is 17.6 Å². The number of piperidine rings is 1. The fourth-order valence-electron chi connectivity index (χ4n) is 4.72. The maximum Gasteiger partial charge on any atom is 0.243 e. The van der Waals surface area contributed by atoms with Crippen LogP contribution in [0.1, 0.15) is 41.1 Å². The van der Waals surface area contributed by atoms with Gasteiger partial charge in [0.1, 0.15) is 5.82 Å². The molecule has 0 aromatic heterocycles. The maximum atomic E-state index is 13.6. The van der Waals surface area contributed by atoms with E-state index in [-0.39, 0.29) is 23.7 Å². The highest BCUT2D eigenvalue weighted by Crippen LogP contribution is 2.29. The third-order valence-electron chi connectivity index (χ3n) is 6.35. The Morgan fingerprint density at radius 1 is 1.12 bits per heavy atom. The fraction of sp³-hybridized carbons (Fsp3) is 0.480. The van der Waals surface area contributed by atoms with Gasteiger partial charge in [0.25, 0.3) is 0 Å². The van der Waals surface area contributed by atoms with Crippen LogP contribution in [0, 0.1) is 32.5 Å². The van der Waals surface area contributed by atoms with E-state index in [1.54, 1.807) is 6.07 Å². The van der Waals surface area contributed by atoms with Crippen LogP contribution in [-0.4, -0.2) is 57.3 Å². The molecule has 1 aliphatic rings. The monoisotopic (exact) mass is 475 g/mol. The smallest absolute Gasteiger partial charge is 0.243 e. The number of likely N-dealkylation sites (N-methyl/N-ethyl adjacent to an activating group) is 1. The molecule has 1 aliphatic heterocycles. The second-order valence-electron chi connectivity index (χ2n) is 9.19. The van der Waals surface area contributed by atoms with Crippen molar-refractivity contribution in [1.29, 1.82) is 0 Å². The van der Waals surface area contributed by atoms with Gasteiger partial charge in [-0.2, -0.15) is 4.31 Å². The van der Waals surface area contributed by atoms with Crippen LogP contribution >= 0.6 is 0 Å². The van der Waals surface area contributed by atoms with Crippen molar-refractivity contribution in [3.63, 3.8) is 0 Å². The third-order valence-corrected chi connectivity index (χ3v) is 8.56. The number of nitrogens with one attached hydrogen (secondary N) is 1. The number of sulfonamides is 1. The Labute approximate surface area is 196 Å². The Bertz CT molecular complexity index is 1090. The van der Waals surface area contributed by atoms with E-state index in [2.05, 4.69) is 5.32 Å². The first-order chi connectivity index (χ1) is 15.5. The largest absolute Gasteiger partial charge is 0.354 e. The van der Waals surface area contributed by atoms with E-state index >= 15 is 0 Å². The maximum absolute atomic E-state index is 13.6. The molecule has 33 heavy (non-hydrogen) atoms. The molecule has 1 heterocycles. The van der Waals surface area contributed by atoms with Gasteiger partial charge in [0.15, 0.2) is 0 Å². The summed E-state index contributed by atoms with van der Waals surface area (Å²) in [5.41, 5.74) is 3.33. The molecule has 0 radical (unpaired) electrons. The molecule has 1 saturated heterocycles. The predicted molar refractivity (Wildman–Crippen MR) is 128 cm³/mol. The number of amides is 1. The third kappa shape index (κ3) is 5.80. The van der Waals surface area contributed by atoms with Gasteiger partial charge < -0.3 is 10.2 Å². The summed E-state index contributed by atoms with van der Waals surface area (Å²) in [6, 6.07) is 10.0. The summed E-state index contributed by atoms with van der Waals surface area (Å²) in [7, 11) is 0.171. The number of nitrogens with zero attached hydrogens (tertiary/aromatic N) is 2. The van der Waals surface area contributed by atoms with Crippen molar-refractivity contribution in [1.82, 2.24) is 14.5 Å². The minimum Gasteiger partial charge on any atom is -0.354 e. The number of benzene rings is 2. The van der Waals surface area contributed by atoms with Crippen LogP contribution < -0.4 is 5.32 Å².